The zero-order valence-electron chi connectivity index (χ0n) is 17.3. The lowest BCUT2D eigenvalue weighted by molar-refractivity contribution is -0.113. The first kappa shape index (κ1) is 21.1. The van der Waals surface area contributed by atoms with Crippen molar-refractivity contribution in [1.82, 2.24) is 14.8 Å². The van der Waals surface area contributed by atoms with Gasteiger partial charge in [-0.25, -0.2) is 4.39 Å². The van der Waals surface area contributed by atoms with Crippen molar-refractivity contribution in [2.45, 2.75) is 51.2 Å². The molecule has 8 heteroatoms. The number of thiophene rings is 1. The number of carbonyl (C=O) groups is 1. The predicted octanol–water partition coefficient (Wildman–Crippen LogP) is 5.58. The summed E-state index contributed by atoms with van der Waals surface area (Å²) in [6, 6.07) is 6.32. The molecule has 1 N–H and O–H groups in total. The van der Waals surface area contributed by atoms with Crippen LogP contribution in [0.1, 0.15) is 43.7 Å². The van der Waals surface area contributed by atoms with Gasteiger partial charge in [-0.2, -0.15) is 0 Å². The summed E-state index contributed by atoms with van der Waals surface area (Å²) in [7, 11) is 0. The Kier molecular flexibility index (Phi) is 6.24. The summed E-state index contributed by atoms with van der Waals surface area (Å²) in [4.78, 5) is 13.8. The van der Waals surface area contributed by atoms with Crippen molar-refractivity contribution in [3.8, 4) is 11.4 Å². The van der Waals surface area contributed by atoms with Gasteiger partial charge in [0.25, 0.3) is 0 Å². The number of halogens is 1. The topological polar surface area (TPSA) is 59.8 Å². The van der Waals surface area contributed by atoms with Crippen molar-refractivity contribution >= 4 is 34.7 Å². The van der Waals surface area contributed by atoms with Gasteiger partial charge in [-0.05, 0) is 56.7 Å². The SMILES string of the molecule is CC1CCc2c(-c3nnc(SCC(=O)Nc4ccccc4F)n3C(C)C)csc2C1. The van der Waals surface area contributed by atoms with Crippen LogP contribution < -0.4 is 5.32 Å². The molecular weight excluding hydrogens is 419 g/mol. The fourth-order valence-corrected chi connectivity index (χ4v) is 5.88. The van der Waals surface area contributed by atoms with E-state index in [2.05, 4.69) is 46.2 Å². The lowest BCUT2D eigenvalue weighted by Gasteiger charge is -2.19. The second-order valence-electron chi connectivity index (χ2n) is 7.99. The van der Waals surface area contributed by atoms with Crippen molar-refractivity contribution in [3.63, 3.8) is 0 Å². The minimum absolute atomic E-state index is 0.137. The van der Waals surface area contributed by atoms with Gasteiger partial charge in [0.2, 0.25) is 5.91 Å². The average molecular weight is 445 g/mol. The van der Waals surface area contributed by atoms with E-state index in [1.165, 1.54) is 40.3 Å². The molecular formula is C22H25FN4OS2. The molecule has 1 atom stereocenters. The minimum atomic E-state index is -0.444. The van der Waals surface area contributed by atoms with Gasteiger partial charge < -0.3 is 5.32 Å². The third-order valence-corrected chi connectivity index (χ3v) is 7.30. The zero-order valence-corrected chi connectivity index (χ0v) is 18.9. The Labute approximate surface area is 184 Å². The van der Waals surface area contributed by atoms with E-state index in [0.29, 0.717) is 5.16 Å². The van der Waals surface area contributed by atoms with Crippen molar-refractivity contribution in [3.05, 3.63) is 45.9 Å². The molecule has 1 unspecified atom stereocenters. The van der Waals surface area contributed by atoms with Gasteiger partial charge in [-0.15, -0.1) is 21.5 Å². The summed E-state index contributed by atoms with van der Waals surface area (Å²) in [5.74, 6) is 1.02. The third kappa shape index (κ3) is 4.30. The Morgan fingerprint density at radius 3 is 2.93 bits per heavy atom. The number of benzene rings is 1. The number of para-hydroxylation sites is 1. The zero-order chi connectivity index (χ0) is 21.3. The van der Waals surface area contributed by atoms with Crippen LogP contribution in [0.4, 0.5) is 10.1 Å². The van der Waals surface area contributed by atoms with Gasteiger partial charge >= 0.3 is 0 Å². The highest BCUT2D eigenvalue weighted by Crippen LogP contribution is 2.39. The highest BCUT2D eigenvalue weighted by molar-refractivity contribution is 7.99. The van der Waals surface area contributed by atoms with Crippen LogP contribution >= 0.6 is 23.1 Å². The second-order valence-corrected chi connectivity index (χ2v) is 9.89. The van der Waals surface area contributed by atoms with Crippen molar-refractivity contribution in [1.29, 1.82) is 0 Å². The first-order chi connectivity index (χ1) is 14.4. The van der Waals surface area contributed by atoms with Crippen molar-refractivity contribution < 1.29 is 9.18 Å². The molecule has 0 bridgehead atoms. The Morgan fingerprint density at radius 2 is 2.17 bits per heavy atom. The number of anilines is 1. The summed E-state index contributed by atoms with van der Waals surface area (Å²) in [5, 5.41) is 14.4. The fraction of sp³-hybridized carbons (Fsp3) is 0.409. The molecule has 1 aliphatic rings. The summed E-state index contributed by atoms with van der Waals surface area (Å²) in [6.45, 7) is 6.49. The summed E-state index contributed by atoms with van der Waals surface area (Å²) in [5.41, 5.74) is 2.76. The van der Waals surface area contributed by atoms with E-state index in [1.54, 1.807) is 18.2 Å². The van der Waals surface area contributed by atoms with Gasteiger partial charge in [-0.3, -0.25) is 9.36 Å². The largest absolute Gasteiger partial charge is 0.323 e. The lowest BCUT2D eigenvalue weighted by Crippen LogP contribution is -2.16. The molecule has 2 heterocycles. The highest BCUT2D eigenvalue weighted by atomic mass is 32.2. The summed E-state index contributed by atoms with van der Waals surface area (Å²) in [6.07, 6.45) is 3.41. The molecule has 0 fully saturated rings. The standard InChI is InChI=1S/C22H25FN4OS2/c1-13(2)27-21(16-11-29-19-10-14(3)8-9-15(16)19)25-26-22(27)30-12-20(28)24-18-7-5-4-6-17(18)23/h4-7,11,13-14H,8-10,12H2,1-3H3,(H,24,28). The van der Waals surface area contributed by atoms with Gasteiger partial charge in [0, 0.05) is 21.9 Å². The van der Waals surface area contributed by atoms with E-state index < -0.39 is 5.82 Å². The molecule has 0 saturated heterocycles. The number of thioether (sulfide) groups is 1. The van der Waals surface area contributed by atoms with Gasteiger partial charge in [0.1, 0.15) is 5.82 Å². The molecule has 0 spiro atoms. The molecule has 0 saturated carbocycles. The third-order valence-electron chi connectivity index (χ3n) is 5.30. The molecule has 4 rings (SSSR count). The monoisotopic (exact) mass is 444 g/mol. The number of nitrogens with zero attached hydrogens (tertiary/aromatic N) is 3. The number of hydrogen-bond donors (Lipinski definition) is 1. The molecule has 0 radical (unpaired) electrons. The van der Waals surface area contributed by atoms with Crippen LogP contribution in [0.15, 0.2) is 34.8 Å². The summed E-state index contributed by atoms with van der Waals surface area (Å²) < 4.78 is 15.9. The number of fused-ring (bicyclic) bond motifs is 1. The van der Waals surface area contributed by atoms with Crippen LogP contribution in [-0.4, -0.2) is 26.4 Å². The molecule has 2 aromatic heterocycles. The van der Waals surface area contributed by atoms with Crippen LogP contribution in [0.2, 0.25) is 0 Å². The van der Waals surface area contributed by atoms with E-state index in [1.807, 2.05) is 11.3 Å². The van der Waals surface area contributed by atoms with E-state index in [4.69, 9.17) is 0 Å². The molecule has 1 aliphatic carbocycles. The van der Waals surface area contributed by atoms with E-state index in [9.17, 15) is 9.18 Å². The Bertz CT molecular complexity index is 1060. The first-order valence-corrected chi connectivity index (χ1v) is 12.0. The number of aromatic nitrogens is 3. The van der Waals surface area contributed by atoms with Crippen molar-refractivity contribution in [2.75, 3.05) is 11.1 Å². The van der Waals surface area contributed by atoms with Gasteiger partial charge in [0.05, 0.1) is 11.4 Å². The maximum Gasteiger partial charge on any atom is 0.234 e. The number of nitrogens with one attached hydrogen (secondary N) is 1. The maximum atomic E-state index is 13.8. The van der Waals surface area contributed by atoms with Crippen LogP contribution in [0, 0.1) is 11.7 Å². The minimum Gasteiger partial charge on any atom is -0.323 e. The molecule has 1 aromatic carbocycles. The van der Waals surface area contributed by atoms with E-state index in [0.717, 1.165) is 24.6 Å². The quantitative estimate of drug-likeness (QED) is 0.504. The Hall–Kier alpha value is -2.19. The predicted molar refractivity (Wildman–Crippen MR) is 121 cm³/mol. The molecule has 5 nitrogen and oxygen atoms in total. The smallest absolute Gasteiger partial charge is 0.234 e. The van der Waals surface area contributed by atoms with E-state index >= 15 is 0 Å². The fourth-order valence-electron chi connectivity index (χ4n) is 3.77. The van der Waals surface area contributed by atoms with Crippen LogP contribution in [0.5, 0.6) is 0 Å². The molecule has 158 valence electrons. The van der Waals surface area contributed by atoms with Crippen LogP contribution in [0.25, 0.3) is 11.4 Å². The Morgan fingerprint density at radius 1 is 1.37 bits per heavy atom. The van der Waals surface area contributed by atoms with Gasteiger partial charge in [0.15, 0.2) is 11.0 Å². The number of hydrogen-bond acceptors (Lipinski definition) is 5. The maximum absolute atomic E-state index is 13.8. The second kappa shape index (κ2) is 8.89. The number of carbonyl (C=O) groups excluding carboxylic acids is 1. The van der Waals surface area contributed by atoms with Crippen molar-refractivity contribution in [2.24, 2.45) is 5.92 Å². The first-order valence-electron chi connectivity index (χ1n) is 10.2. The van der Waals surface area contributed by atoms with Crippen LogP contribution in [0.3, 0.4) is 0 Å². The highest BCUT2D eigenvalue weighted by Gasteiger charge is 2.25. The summed E-state index contributed by atoms with van der Waals surface area (Å²) >= 11 is 3.14. The molecule has 1 amide bonds. The number of rotatable bonds is 6. The molecule has 3 aromatic rings. The lowest BCUT2D eigenvalue weighted by atomic mass is 9.88. The van der Waals surface area contributed by atoms with Gasteiger partial charge in [-0.1, -0.05) is 30.8 Å². The Balaban J connectivity index is 1.52. The normalized spacial score (nSPS) is 16.0. The van der Waals surface area contributed by atoms with E-state index in [-0.39, 0.29) is 23.4 Å². The van der Waals surface area contributed by atoms with Crippen LogP contribution in [-0.2, 0) is 17.6 Å². The average Bonchev–Trinajstić information content (AvgIpc) is 3.31. The molecule has 0 aliphatic heterocycles. The molecule has 30 heavy (non-hydrogen) atoms. The number of amides is 1.